The number of aryl methyl sites for hydroxylation is 1. The standard InChI is InChI=1S/C21H25FN4O2/c1-2-3-10-24-21(27)28-18-6-7-20-17(14-18)9-13-26(20)25-11-4-5-16-8-12-23-15-19(16)22/h6-9,12-15,25H,2-5,10-11H2,1H3,(H,24,27). The van der Waals surface area contributed by atoms with E-state index in [0.717, 1.165) is 30.2 Å². The van der Waals surface area contributed by atoms with Gasteiger partial charge in [0.1, 0.15) is 11.6 Å². The average molecular weight is 384 g/mol. The van der Waals surface area contributed by atoms with Crippen molar-refractivity contribution in [1.82, 2.24) is 15.0 Å². The van der Waals surface area contributed by atoms with E-state index in [9.17, 15) is 9.18 Å². The number of amides is 1. The normalized spacial score (nSPS) is 10.8. The summed E-state index contributed by atoms with van der Waals surface area (Å²) in [4.78, 5) is 15.5. The van der Waals surface area contributed by atoms with Crippen molar-refractivity contribution >= 4 is 17.0 Å². The van der Waals surface area contributed by atoms with Crippen molar-refractivity contribution in [3.05, 3.63) is 60.3 Å². The van der Waals surface area contributed by atoms with Gasteiger partial charge in [-0.15, -0.1) is 0 Å². The Bertz CT molecular complexity index is 926. The fourth-order valence-corrected chi connectivity index (χ4v) is 2.92. The number of benzene rings is 1. The van der Waals surface area contributed by atoms with Crippen molar-refractivity contribution in [3.8, 4) is 5.75 Å². The molecule has 0 aliphatic heterocycles. The number of unbranched alkanes of at least 4 members (excludes halogenated alkanes) is 1. The van der Waals surface area contributed by atoms with Gasteiger partial charge in [0.15, 0.2) is 0 Å². The molecule has 2 heterocycles. The molecule has 6 nitrogen and oxygen atoms in total. The van der Waals surface area contributed by atoms with Crippen LogP contribution in [-0.4, -0.2) is 28.8 Å². The van der Waals surface area contributed by atoms with Crippen molar-refractivity contribution in [3.63, 3.8) is 0 Å². The zero-order valence-corrected chi connectivity index (χ0v) is 16.0. The van der Waals surface area contributed by atoms with E-state index in [1.54, 1.807) is 18.3 Å². The summed E-state index contributed by atoms with van der Waals surface area (Å²) in [5.74, 6) is 0.243. The summed E-state index contributed by atoms with van der Waals surface area (Å²) in [5, 5.41) is 3.69. The van der Waals surface area contributed by atoms with Crippen molar-refractivity contribution in [2.75, 3.05) is 18.5 Å². The number of nitrogens with zero attached hydrogens (tertiary/aromatic N) is 2. The highest BCUT2D eigenvalue weighted by Gasteiger charge is 2.07. The fourth-order valence-electron chi connectivity index (χ4n) is 2.92. The number of ether oxygens (including phenoxy) is 1. The van der Waals surface area contributed by atoms with Crippen molar-refractivity contribution in [2.24, 2.45) is 0 Å². The minimum Gasteiger partial charge on any atom is -0.410 e. The van der Waals surface area contributed by atoms with E-state index in [1.165, 1.54) is 6.20 Å². The summed E-state index contributed by atoms with van der Waals surface area (Å²) >= 11 is 0. The fraction of sp³-hybridized carbons (Fsp3) is 0.333. The van der Waals surface area contributed by atoms with Crippen molar-refractivity contribution in [2.45, 2.75) is 32.6 Å². The molecule has 0 bridgehead atoms. The van der Waals surface area contributed by atoms with Crippen molar-refractivity contribution in [1.29, 1.82) is 0 Å². The lowest BCUT2D eigenvalue weighted by Crippen LogP contribution is -2.27. The lowest BCUT2D eigenvalue weighted by Gasteiger charge is -2.10. The van der Waals surface area contributed by atoms with Gasteiger partial charge in [0, 0.05) is 30.9 Å². The van der Waals surface area contributed by atoms with Crippen LogP contribution >= 0.6 is 0 Å². The highest BCUT2D eigenvalue weighted by molar-refractivity contribution is 5.83. The lowest BCUT2D eigenvalue weighted by atomic mass is 10.1. The summed E-state index contributed by atoms with van der Waals surface area (Å²) in [7, 11) is 0. The molecule has 0 fully saturated rings. The smallest absolute Gasteiger partial charge is 0.410 e. The molecule has 0 radical (unpaired) electrons. The molecule has 3 aromatic rings. The third-order valence-corrected chi connectivity index (χ3v) is 4.43. The zero-order chi connectivity index (χ0) is 19.8. The maximum absolute atomic E-state index is 13.6. The first-order valence-electron chi connectivity index (χ1n) is 9.56. The first kappa shape index (κ1) is 19.7. The first-order chi connectivity index (χ1) is 13.7. The van der Waals surface area contributed by atoms with Crippen LogP contribution in [0.5, 0.6) is 5.75 Å². The Labute approximate surface area is 163 Å². The van der Waals surface area contributed by atoms with Crippen LogP contribution in [0.25, 0.3) is 10.9 Å². The molecule has 148 valence electrons. The Morgan fingerprint density at radius 1 is 1.21 bits per heavy atom. The maximum Gasteiger partial charge on any atom is 0.412 e. The van der Waals surface area contributed by atoms with Crippen LogP contribution in [-0.2, 0) is 6.42 Å². The molecule has 0 atom stereocenters. The Hall–Kier alpha value is -3.09. The molecule has 1 amide bonds. The van der Waals surface area contributed by atoms with E-state index in [4.69, 9.17) is 4.74 Å². The summed E-state index contributed by atoms with van der Waals surface area (Å²) in [5.41, 5.74) is 4.97. The van der Waals surface area contributed by atoms with E-state index in [0.29, 0.717) is 30.8 Å². The molecule has 1 aromatic carbocycles. The maximum atomic E-state index is 13.6. The number of nitrogens with one attached hydrogen (secondary N) is 2. The van der Waals surface area contributed by atoms with Crippen molar-refractivity contribution < 1.29 is 13.9 Å². The Morgan fingerprint density at radius 3 is 2.93 bits per heavy atom. The van der Waals surface area contributed by atoms with E-state index < -0.39 is 6.09 Å². The predicted octanol–water partition coefficient (Wildman–Crippen LogP) is 4.24. The van der Waals surface area contributed by atoms with E-state index in [-0.39, 0.29) is 5.82 Å². The molecule has 0 saturated carbocycles. The number of rotatable bonds is 9. The molecule has 2 N–H and O–H groups in total. The Balaban J connectivity index is 1.52. The van der Waals surface area contributed by atoms with Gasteiger partial charge >= 0.3 is 6.09 Å². The summed E-state index contributed by atoms with van der Waals surface area (Å²) < 4.78 is 20.8. The molecule has 0 aliphatic carbocycles. The van der Waals surface area contributed by atoms with Gasteiger partial charge in [-0.2, -0.15) is 0 Å². The molecule has 28 heavy (non-hydrogen) atoms. The number of hydrogen-bond donors (Lipinski definition) is 2. The molecule has 0 spiro atoms. The van der Waals surface area contributed by atoms with Gasteiger partial charge in [0.2, 0.25) is 0 Å². The highest BCUT2D eigenvalue weighted by Crippen LogP contribution is 2.21. The van der Waals surface area contributed by atoms with Crippen LogP contribution in [0.15, 0.2) is 48.9 Å². The number of carbonyl (C=O) groups excluding carboxylic acids is 1. The summed E-state index contributed by atoms with van der Waals surface area (Å²) in [6.07, 6.45) is 7.71. The second kappa shape index (κ2) is 9.73. The van der Waals surface area contributed by atoms with Crippen LogP contribution in [0.3, 0.4) is 0 Å². The number of pyridine rings is 1. The van der Waals surface area contributed by atoms with Crippen LogP contribution in [0.2, 0.25) is 0 Å². The summed E-state index contributed by atoms with van der Waals surface area (Å²) in [6.45, 7) is 3.38. The number of aromatic nitrogens is 2. The molecule has 0 aliphatic rings. The second-order valence-electron chi connectivity index (χ2n) is 6.55. The largest absolute Gasteiger partial charge is 0.412 e. The molecule has 3 rings (SSSR count). The SMILES string of the molecule is CCCCNC(=O)Oc1ccc2c(ccn2NCCCc2ccncc2F)c1. The molecule has 2 aromatic heterocycles. The predicted molar refractivity (Wildman–Crippen MR) is 108 cm³/mol. The van der Waals surface area contributed by atoms with E-state index in [2.05, 4.69) is 22.7 Å². The molecule has 0 unspecified atom stereocenters. The lowest BCUT2D eigenvalue weighted by molar-refractivity contribution is 0.200. The number of carbonyl (C=O) groups is 1. The minimum atomic E-state index is -0.436. The molecule has 7 heteroatoms. The second-order valence-corrected chi connectivity index (χ2v) is 6.55. The van der Waals surface area contributed by atoms with Gasteiger partial charge in [0.05, 0.1) is 11.7 Å². The zero-order valence-electron chi connectivity index (χ0n) is 16.0. The van der Waals surface area contributed by atoms with E-state index in [1.807, 2.05) is 29.1 Å². The minimum absolute atomic E-state index is 0.264. The van der Waals surface area contributed by atoms with Gasteiger partial charge in [0.25, 0.3) is 0 Å². The van der Waals surface area contributed by atoms with E-state index >= 15 is 0 Å². The van der Waals surface area contributed by atoms with Crippen LogP contribution in [0.4, 0.5) is 9.18 Å². The first-order valence-corrected chi connectivity index (χ1v) is 9.56. The third kappa shape index (κ3) is 5.22. The number of hydrogen-bond acceptors (Lipinski definition) is 4. The average Bonchev–Trinajstić information content (AvgIpc) is 3.09. The molecular weight excluding hydrogens is 359 g/mol. The topological polar surface area (TPSA) is 68.2 Å². The third-order valence-electron chi connectivity index (χ3n) is 4.43. The Morgan fingerprint density at radius 2 is 2.11 bits per heavy atom. The molecule has 0 saturated heterocycles. The quantitative estimate of drug-likeness (QED) is 0.542. The monoisotopic (exact) mass is 384 g/mol. The van der Waals surface area contributed by atoms with Gasteiger partial charge in [-0.05, 0) is 55.2 Å². The molecular formula is C21H25FN4O2. The van der Waals surface area contributed by atoms with Crippen LogP contribution in [0.1, 0.15) is 31.7 Å². The number of halogens is 1. The van der Waals surface area contributed by atoms with Crippen LogP contribution in [0, 0.1) is 5.82 Å². The van der Waals surface area contributed by atoms with Gasteiger partial charge < -0.3 is 15.5 Å². The van der Waals surface area contributed by atoms with Gasteiger partial charge in [-0.1, -0.05) is 13.3 Å². The van der Waals surface area contributed by atoms with Gasteiger partial charge in [-0.25, -0.2) is 9.18 Å². The Kier molecular flexibility index (Phi) is 6.84. The number of fused-ring (bicyclic) bond motifs is 1. The van der Waals surface area contributed by atoms with Gasteiger partial charge in [-0.3, -0.25) is 9.66 Å². The van der Waals surface area contributed by atoms with Crippen LogP contribution < -0.4 is 15.5 Å². The summed E-state index contributed by atoms with van der Waals surface area (Å²) in [6, 6.07) is 9.16. The highest BCUT2D eigenvalue weighted by atomic mass is 19.1.